The Morgan fingerprint density at radius 3 is 2.57 bits per heavy atom. The van der Waals surface area contributed by atoms with E-state index in [1.165, 1.54) is 18.2 Å². The second-order valence-corrected chi connectivity index (χ2v) is 12.8. The van der Waals surface area contributed by atoms with E-state index in [2.05, 4.69) is 37.6 Å². The van der Waals surface area contributed by atoms with E-state index in [-0.39, 0.29) is 42.4 Å². The van der Waals surface area contributed by atoms with E-state index >= 15 is 0 Å². The Hall–Kier alpha value is -3.80. The van der Waals surface area contributed by atoms with Gasteiger partial charge in [-0.25, -0.2) is 13.9 Å². The van der Waals surface area contributed by atoms with Gasteiger partial charge in [0.25, 0.3) is 0 Å². The Morgan fingerprint density at radius 2 is 1.88 bits per heavy atom. The third kappa shape index (κ3) is 6.33. The van der Waals surface area contributed by atoms with E-state index < -0.39 is 23.4 Å². The lowest BCUT2D eigenvalue weighted by molar-refractivity contribution is -0.132. The van der Waals surface area contributed by atoms with Crippen molar-refractivity contribution in [1.29, 1.82) is 0 Å². The molecule has 0 radical (unpaired) electrons. The number of likely N-dealkylation sites (tertiary alicyclic amines) is 2. The van der Waals surface area contributed by atoms with Gasteiger partial charge in [0.05, 0.1) is 24.2 Å². The average Bonchev–Trinajstić information content (AvgIpc) is 3.52. The molecule has 12 heteroatoms. The highest BCUT2D eigenvalue weighted by atomic mass is 79.9. The largest absolute Gasteiger partial charge is 0.444 e. The van der Waals surface area contributed by atoms with E-state index in [1.54, 1.807) is 41.4 Å². The normalized spacial score (nSPS) is 18.2. The van der Waals surface area contributed by atoms with E-state index in [0.29, 0.717) is 24.5 Å². The van der Waals surface area contributed by atoms with Gasteiger partial charge in [0.2, 0.25) is 11.8 Å². The number of hydrogen-bond acceptors (Lipinski definition) is 6. The molecular formula is C30H34BrFN6O4. The van der Waals surface area contributed by atoms with Crippen molar-refractivity contribution in [2.24, 2.45) is 5.92 Å². The number of ether oxygens (including phenoxy) is 1. The van der Waals surface area contributed by atoms with Gasteiger partial charge in [-0.15, -0.1) is 5.10 Å². The van der Waals surface area contributed by atoms with Crippen LogP contribution in [0.5, 0.6) is 0 Å². The minimum Gasteiger partial charge on any atom is -0.444 e. The number of benzene rings is 2. The van der Waals surface area contributed by atoms with Crippen molar-refractivity contribution in [3.63, 3.8) is 0 Å². The van der Waals surface area contributed by atoms with Gasteiger partial charge in [-0.05, 0) is 70.0 Å². The van der Waals surface area contributed by atoms with Crippen molar-refractivity contribution in [3.05, 3.63) is 64.0 Å². The zero-order valence-corrected chi connectivity index (χ0v) is 25.8. The standard InChI is InChI=1S/C30H34BrFN6O4/c1-17-10-19(6-8-24(17)31)18(2)38-16-26(34-35-38)23-12-21(7-9-25(23)32)33-28(40)20-11-27(39)37(13-20)22-14-36(15-22)29(41)42-30(3,4)5/h6-10,12,16,18,20,22H,11,13-15H2,1-5H3,(H,33,40)/t18-,20?/m1/s1. The monoisotopic (exact) mass is 640 g/mol. The fourth-order valence-corrected chi connectivity index (χ4v) is 5.35. The van der Waals surface area contributed by atoms with E-state index in [4.69, 9.17) is 4.74 Å². The molecule has 0 spiro atoms. The maximum Gasteiger partial charge on any atom is 0.410 e. The van der Waals surface area contributed by atoms with Crippen molar-refractivity contribution >= 4 is 39.5 Å². The van der Waals surface area contributed by atoms with Gasteiger partial charge in [0, 0.05) is 41.8 Å². The summed E-state index contributed by atoms with van der Waals surface area (Å²) in [4.78, 5) is 41.2. The highest BCUT2D eigenvalue weighted by molar-refractivity contribution is 9.10. The van der Waals surface area contributed by atoms with Crippen LogP contribution in [-0.2, 0) is 14.3 Å². The number of aryl methyl sites for hydroxylation is 1. The van der Waals surface area contributed by atoms with Gasteiger partial charge in [-0.2, -0.15) is 0 Å². The maximum atomic E-state index is 14.9. The Labute approximate surface area is 252 Å². The number of carbonyl (C=O) groups is 3. The van der Waals surface area contributed by atoms with Crippen molar-refractivity contribution in [2.45, 2.75) is 58.7 Å². The topological polar surface area (TPSA) is 110 Å². The van der Waals surface area contributed by atoms with Crippen LogP contribution in [0.2, 0.25) is 0 Å². The molecule has 2 saturated heterocycles. The van der Waals surface area contributed by atoms with Gasteiger partial charge in [0.1, 0.15) is 17.1 Å². The van der Waals surface area contributed by atoms with Crippen LogP contribution in [0.25, 0.3) is 11.3 Å². The Kier molecular flexibility index (Phi) is 8.10. The quantitative estimate of drug-likeness (QED) is 0.398. The molecule has 2 aliphatic heterocycles. The molecule has 10 nitrogen and oxygen atoms in total. The van der Waals surface area contributed by atoms with Crippen molar-refractivity contribution in [2.75, 3.05) is 25.0 Å². The number of rotatable bonds is 6. The third-order valence-electron chi connectivity index (χ3n) is 7.57. The summed E-state index contributed by atoms with van der Waals surface area (Å²) in [7, 11) is 0. The molecular weight excluding hydrogens is 607 g/mol. The molecule has 1 unspecified atom stereocenters. The van der Waals surface area contributed by atoms with Gasteiger partial charge < -0.3 is 19.9 Å². The molecule has 1 N–H and O–H groups in total. The van der Waals surface area contributed by atoms with Crippen LogP contribution in [0.4, 0.5) is 14.9 Å². The molecule has 42 heavy (non-hydrogen) atoms. The fraction of sp³-hybridized carbons (Fsp3) is 0.433. The van der Waals surface area contributed by atoms with Crippen LogP contribution in [0.3, 0.4) is 0 Å². The summed E-state index contributed by atoms with van der Waals surface area (Å²) >= 11 is 3.51. The van der Waals surface area contributed by atoms with Crippen LogP contribution >= 0.6 is 15.9 Å². The molecule has 5 rings (SSSR count). The number of nitrogens with one attached hydrogen (secondary N) is 1. The predicted molar refractivity (Wildman–Crippen MR) is 158 cm³/mol. The van der Waals surface area contributed by atoms with Crippen molar-refractivity contribution < 1.29 is 23.5 Å². The van der Waals surface area contributed by atoms with Gasteiger partial charge in [0.15, 0.2) is 0 Å². The number of nitrogens with zero attached hydrogens (tertiary/aromatic N) is 5. The average molecular weight is 642 g/mol. The minimum atomic E-state index is -0.594. The molecule has 2 aliphatic rings. The number of hydrogen-bond donors (Lipinski definition) is 1. The first-order valence-corrected chi connectivity index (χ1v) is 14.6. The second kappa shape index (κ2) is 11.5. The summed E-state index contributed by atoms with van der Waals surface area (Å²) in [6, 6.07) is 10.0. The zero-order valence-electron chi connectivity index (χ0n) is 24.2. The van der Waals surface area contributed by atoms with Crippen molar-refractivity contribution in [3.8, 4) is 11.3 Å². The summed E-state index contributed by atoms with van der Waals surface area (Å²) in [6.07, 6.45) is 1.34. The molecule has 0 saturated carbocycles. The maximum absolute atomic E-state index is 14.9. The van der Waals surface area contributed by atoms with E-state index in [0.717, 1.165) is 15.6 Å². The highest BCUT2D eigenvalue weighted by Gasteiger charge is 2.44. The summed E-state index contributed by atoms with van der Waals surface area (Å²) in [5, 5.41) is 11.2. The molecule has 3 amide bonds. The Morgan fingerprint density at radius 1 is 1.14 bits per heavy atom. The number of carbonyl (C=O) groups excluding carboxylic acids is 3. The predicted octanol–water partition coefficient (Wildman–Crippen LogP) is 5.17. The van der Waals surface area contributed by atoms with Crippen LogP contribution in [0.15, 0.2) is 47.1 Å². The lowest BCUT2D eigenvalue weighted by Crippen LogP contribution is -2.62. The summed E-state index contributed by atoms with van der Waals surface area (Å²) in [5.41, 5.74) is 2.48. The van der Waals surface area contributed by atoms with Crippen LogP contribution in [-0.4, -0.2) is 74.0 Å². The van der Waals surface area contributed by atoms with Gasteiger partial charge >= 0.3 is 6.09 Å². The Bertz CT molecular complexity index is 1530. The number of anilines is 1. The zero-order chi connectivity index (χ0) is 30.3. The van der Waals surface area contributed by atoms with Gasteiger partial charge in [-0.3, -0.25) is 9.59 Å². The molecule has 1 aromatic heterocycles. The summed E-state index contributed by atoms with van der Waals surface area (Å²) in [5.74, 6) is -1.50. The summed E-state index contributed by atoms with van der Waals surface area (Å²) < 4.78 is 22.9. The smallest absolute Gasteiger partial charge is 0.410 e. The number of aromatic nitrogens is 3. The lowest BCUT2D eigenvalue weighted by Gasteiger charge is -2.44. The summed E-state index contributed by atoms with van der Waals surface area (Å²) in [6.45, 7) is 10.4. The minimum absolute atomic E-state index is 0.0740. The van der Waals surface area contributed by atoms with E-state index in [1.807, 2.05) is 26.0 Å². The first-order valence-electron chi connectivity index (χ1n) is 13.8. The molecule has 0 aliphatic carbocycles. The fourth-order valence-electron chi connectivity index (χ4n) is 5.10. The Balaban J connectivity index is 1.21. The second-order valence-electron chi connectivity index (χ2n) is 11.9. The SMILES string of the molecule is Cc1cc([C@@H](C)n2cc(-c3cc(NC(=O)C4CC(=O)N(C5CN(C(=O)OC(C)(C)C)C5)C4)ccc3F)nn2)ccc1Br. The van der Waals surface area contributed by atoms with Crippen molar-refractivity contribution in [1.82, 2.24) is 24.8 Å². The molecule has 2 fully saturated rings. The molecule has 2 atom stereocenters. The van der Waals surface area contributed by atoms with E-state index in [9.17, 15) is 18.8 Å². The molecule has 3 aromatic rings. The number of halogens is 2. The van der Waals surface area contributed by atoms with Gasteiger partial charge in [-0.1, -0.05) is 33.3 Å². The van der Waals surface area contributed by atoms with Crippen LogP contribution < -0.4 is 5.32 Å². The first kappa shape index (κ1) is 29.7. The lowest BCUT2D eigenvalue weighted by atomic mass is 10.1. The third-order valence-corrected chi connectivity index (χ3v) is 8.46. The van der Waals surface area contributed by atoms with Crippen LogP contribution in [0, 0.1) is 18.7 Å². The number of amides is 3. The highest BCUT2D eigenvalue weighted by Crippen LogP contribution is 2.30. The molecule has 222 valence electrons. The molecule has 3 heterocycles. The molecule has 2 aromatic carbocycles. The first-order chi connectivity index (χ1) is 19.8. The van der Waals surface area contributed by atoms with Crippen LogP contribution in [0.1, 0.15) is 51.3 Å². The molecule has 0 bridgehead atoms.